The molecule has 0 aliphatic carbocycles. The smallest absolute Gasteiger partial charge is 0.213 e. The summed E-state index contributed by atoms with van der Waals surface area (Å²) in [5, 5.41) is 3.01. The zero-order valence-electron chi connectivity index (χ0n) is 12.7. The summed E-state index contributed by atoms with van der Waals surface area (Å²) in [4.78, 5) is 8.84. The van der Waals surface area contributed by atoms with E-state index in [-0.39, 0.29) is 0 Å². The van der Waals surface area contributed by atoms with Crippen LogP contribution >= 0.6 is 11.3 Å². The van der Waals surface area contributed by atoms with Crippen LogP contribution in [0.4, 0.5) is 0 Å². The van der Waals surface area contributed by atoms with E-state index in [0.717, 1.165) is 33.1 Å². The lowest BCUT2D eigenvalue weighted by Crippen LogP contribution is -1.88. The Balaban J connectivity index is 1.94. The van der Waals surface area contributed by atoms with Gasteiger partial charge in [-0.15, -0.1) is 11.3 Å². The van der Waals surface area contributed by atoms with E-state index >= 15 is 0 Å². The van der Waals surface area contributed by atoms with Crippen LogP contribution in [-0.4, -0.2) is 24.2 Å². The van der Waals surface area contributed by atoms with E-state index in [2.05, 4.69) is 16.4 Å². The summed E-state index contributed by atoms with van der Waals surface area (Å²) in [6, 6.07) is 9.91. The first-order valence-electron chi connectivity index (χ1n) is 6.82. The first kappa shape index (κ1) is 14.5. The third-order valence-electron chi connectivity index (χ3n) is 3.39. The molecule has 22 heavy (non-hydrogen) atoms. The fourth-order valence-corrected chi connectivity index (χ4v) is 3.06. The lowest BCUT2D eigenvalue weighted by molar-refractivity contribution is 0.398. The molecule has 0 unspecified atom stereocenters. The maximum absolute atomic E-state index is 5.30. The van der Waals surface area contributed by atoms with Crippen LogP contribution in [0.3, 0.4) is 0 Å². The number of rotatable bonds is 4. The lowest BCUT2D eigenvalue weighted by Gasteiger charge is -2.05. The average molecular weight is 312 g/mol. The van der Waals surface area contributed by atoms with E-state index in [1.165, 1.54) is 0 Å². The largest absolute Gasteiger partial charge is 0.496 e. The Labute approximate surface area is 133 Å². The Morgan fingerprint density at radius 3 is 2.59 bits per heavy atom. The second-order valence-corrected chi connectivity index (χ2v) is 5.67. The third-order valence-corrected chi connectivity index (χ3v) is 4.28. The minimum atomic E-state index is 0.592. The third kappa shape index (κ3) is 2.80. The van der Waals surface area contributed by atoms with Crippen LogP contribution in [0.15, 0.2) is 41.9 Å². The molecule has 112 valence electrons. The van der Waals surface area contributed by atoms with Crippen LogP contribution in [0.1, 0.15) is 5.56 Å². The highest BCUT2D eigenvalue weighted by Gasteiger charge is 2.09. The van der Waals surface area contributed by atoms with Gasteiger partial charge < -0.3 is 9.47 Å². The van der Waals surface area contributed by atoms with Gasteiger partial charge in [0.05, 0.1) is 19.9 Å². The predicted octanol–water partition coefficient (Wildman–Crippen LogP) is 4.20. The molecule has 0 saturated heterocycles. The molecule has 4 nitrogen and oxygen atoms in total. The van der Waals surface area contributed by atoms with Crippen LogP contribution < -0.4 is 9.47 Å². The summed E-state index contributed by atoms with van der Waals surface area (Å²) in [6.07, 6.45) is 1.73. The molecular formula is C17H16N2O2S. The van der Waals surface area contributed by atoms with Gasteiger partial charge in [0.15, 0.2) is 0 Å². The molecule has 0 aliphatic heterocycles. The molecule has 3 rings (SSSR count). The molecule has 1 aromatic carbocycles. The molecule has 0 N–H and O–H groups in total. The topological polar surface area (TPSA) is 44.2 Å². The molecule has 0 saturated carbocycles. The molecule has 0 bridgehead atoms. The van der Waals surface area contributed by atoms with Crippen molar-refractivity contribution in [3.8, 4) is 33.5 Å². The number of methoxy groups -OCH3 is 2. The standard InChI is InChI=1S/C17H16N2O2S/c1-11-8-12(4-5-15(11)20-2)14-10-22-17(19-14)13-6-7-18-16(9-13)21-3/h4-10H,1-3H3. The number of benzene rings is 1. The van der Waals surface area contributed by atoms with E-state index < -0.39 is 0 Å². The monoisotopic (exact) mass is 312 g/mol. The summed E-state index contributed by atoms with van der Waals surface area (Å²) in [6.45, 7) is 2.03. The van der Waals surface area contributed by atoms with E-state index in [0.29, 0.717) is 5.88 Å². The highest BCUT2D eigenvalue weighted by atomic mass is 32.1. The summed E-state index contributed by atoms with van der Waals surface area (Å²) < 4.78 is 10.5. The number of aryl methyl sites for hydroxylation is 1. The zero-order valence-corrected chi connectivity index (χ0v) is 13.5. The van der Waals surface area contributed by atoms with Crippen LogP contribution in [0.5, 0.6) is 11.6 Å². The predicted molar refractivity (Wildman–Crippen MR) is 88.6 cm³/mol. The van der Waals surface area contributed by atoms with Crippen molar-refractivity contribution >= 4 is 11.3 Å². The molecule has 0 radical (unpaired) electrons. The summed E-state index contributed by atoms with van der Waals surface area (Å²) in [7, 11) is 3.29. The van der Waals surface area contributed by atoms with E-state index in [9.17, 15) is 0 Å². The Morgan fingerprint density at radius 1 is 1.00 bits per heavy atom. The van der Waals surface area contributed by atoms with Gasteiger partial charge in [-0.1, -0.05) is 0 Å². The number of hydrogen-bond donors (Lipinski definition) is 0. The van der Waals surface area contributed by atoms with Gasteiger partial charge in [-0.3, -0.25) is 0 Å². The minimum absolute atomic E-state index is 0.592. The molecule has 0 spiro atoms. The normalized spacial score (nSPS) is 10.5. The van der Waals surface area contributed by atoms with Crippen molar-refractivity contribution in [2.24, 2.45) is 0 Å². The van der Waals surface area contributed by atoms with Gasteiger partial charge >= 0.3 is 0 Å². The van der Waals surface area contributed by atoms with Crippen molar-refractivity contribution in [3.05, 3.63) is 47.5 Å². The van der Waals surface area contributed by atoms with E-state index in [4.69, 9.17) is 14.5 Å². The van der Waals surface area contributed by atoms with E-state index in [1.54, 1.807) is 31.8 Å². The van der Waals surface area contributed by atoms with Crippen LogP contribution in [0.2, 0.25) is 0 Å². The van der Waals surface area contributed by atoms with Crippen molar-refractivity contribution in [2.45, 2.75) is 6.92 Å². The quantitative estimate of drug-likeness (QED) is 0.724. The fourth-order valence-electron chi connectivity index (χ4n) is 2.23. The molecule has 2 heterocycles. The van der Waals surface area contributed by atoms with Gasteiger partial charge in [0.1, 0.15) is 10.8 Å². The van der Waals surface area contributed by atoms with Gasteiger partial charge in [0, 0.05) is 28.8 Å². The average Bonchev–Trinajstić information content (AvgIpc) is 3.05. The molecule has 2 aromatic heterocycles. The van der Waals surface area contributed by atoms with Gasteiger partial charge in [-0.2, -0.15) is 0 Å². The maximum Gasteiger partial charge on any atom is 0.213 e. The van der Waals surface area contributed by atoms with Gasteiger partial charge in [0.2, 0.25) is 5.88 Å². The highest BCUT2D eigenvalue weighted by Crippen LogP contribution is 2.31. The number of hydrogen-bond acceptors (Lipinski definition) is 5. The molecule has 0 atom stereocenters. The maximum atomic E-state index is 5.30. The summed E-state index contributed by atoms with van der Waals surface area (Å²) >= 11 is 1.61. The molecule has 0 aliphatic rings. The van der Waals surface area contributed by atoms with Crippen molar-refractivity contribution in [1.29, 1.82) is 0 Å². The molecule has 0 fully saturated rings. The van der Waals surface area contributed by atoms with Crippen LogP contribution in [0.25, 0.3) is 21.8 Å². The van der Waals surface area contributed by atoms with Crippen molar-refractivity contribution in [2.75, 3.05) is 14.2 Å². The second-order valence-electron chi connectivity index (χ2n) is 4.81. The lowest BCUT2D eigenvalue weighted by atomic mass is 10.1. The first-order valence-corrected chi connectivity index (χ1v) is 7.70. The van der Waals surface area contributed by atoms with Gasteiger partial charge in [-0.05, 0) is 36.8 Å². The van der Waals surface area contributed by atoms with Crippen molar-refractivity contribution in [3.63, 3.8) is 0 Å². The number of pyridine rings is 1. The van der Waals surface area contributed by atoms with Crippen molar-refractivity contribution < 1.29 is 9.47 Å². The summed E-state index contributed by atoms with van der Waals surface area (Å²) in [5.74, 6) is 1.48. The molecule has 5 heteroatoms. The van der Waals surface area contributed by atoms with Gasteiger partial charge in [0.25, 0.3) is 0 Å². The summed E-state index contributed by atoms with van der Waals surface area (Å²) in [5.41, 5.74) is 4.15. The Hall–Kier alpha value is -2.40. The van der Waals surface area contributed by atoms with Gasteiger partial charge in [-0.25, -0.2) is 9.97 Å². The number of ether oxygens (including phenoxy) is 2. The van der Waals surface area contributed by atoms with Crippen molar-refractivity contribution in [1.82, 2.24) is 9.97 Å². The molecule has 0 amide bonds. The first-order chi connectivity index (χ1) is 10.7. The Kier molecular flexibility index (Phi) is 4.06. The minimum Gasteiger partial charge on any atom is -0.496 e. The Morgan fingerprint density at radius 2 is 1.86 bits per heavy atom. The number of aromatic nitrogens is 2. The SMILES string of the molecule is COc1cc(-c2nc(-c3ccc(OC)c(C)c3)cs2)ccn1. The van der Waals surface area contributed by atoms with E-state index in [1.807, 2.05) is 31.2 Å². The number of nitrogens with zero attached hydrogens (tertiary/aromatic N) is 2. The molecule has 3 aromatic rings. The number of thiazole rings is 1. The van der Waals surface area contributed by atoms with Crippen LogP contribution in [-0.2, 0) is 0 Å². The second kappa shape index (κ2) is 6.15. The fraction of sp³-hybridized carbons (Fsp3) is 0.176. The van der Waals surface area contributed by atoms with Crippen LogP contribution in [0, 0.1) is 6.92 Å². The Bertz CT molecular complexity index is 799. The highest BCUT2D eigenvalue weighted by molar-refractivity contribution is 7.13. The zero-order chi connectivity index (χ0) is 15.5. The molecular weight excluding hydrogens is 296 g/mol.